The van der Waals surface area contributed by atoms with E-state index in [0.717, 1.165) is 17.1 Å². The lowest BCUT2D eigenvalue weighted by Crippen LogP contribution is -2.06. The molecule has 1 atom stereocenters. The molecule has 0 saturated carbocycles. The van der Waals surface area contributed by atoms with Crippen LogP contribution in [-0.2, 0) is 0 Å². The van der Waals surface area contributed by atoms with E-state index in [4.69, 9.17) is 9.47 Å². The van der Waals surface area contributed by atoms with Gasteiger partial charge in [-0.2, -0.15) is 0 Å². The lowest BCUT2D eigenvalue weighted by atomic mass is 9.91. The number of hydrogen-bond donors (Lipinski definition) is 0. The van der Waals surface area contributed by atoms with Crippen LogP contribution in [0.3, 0.4) is 0 Å². The van der Waals surface area contributed by atoms with E-state index in [1.807, 2.05) is 24.3 Å². The highest BCUT2D eigenvalue weighted by Crippen LogP contribution is 2.26. The van der Waals surface area contributed by atoms with E-state index in [2.05, 4.69) is 6.58 Å². The number of methoxy groups -OCH3 is 2. The van der Waals surface area contributed by atoms with Crippen molar-refractivity contribution >= 4 is 5.78 Å². The number of ketones is 1. The molecule has 22 heavy (non-hydrogen) atoms. The molecule has 3 heteroatoms. The summed E-state index contributed by atoms with van der Waals surface area (Å²) in [6.45, 7) is 3.85. The van der Waals surface area contributed by atoms with Crippen molar-refractivity contribution in [3.05, 3.63) is 72.3 Å². The molecule has 0 aliphatic rings. The number of Topliss-reactive ketones (excluding diaryl/α,β-unsaturated/α-hetero) is 1. The van der Waals surface area contributed by atoms with Gasteiger partial charge in [-0.25, -0.2) is 0 Å². The third-order valence-electron chi connectivity index (χ3n) is 3.62. The Bertz CT molecular complexity index is 644. The summed E-state index contributed by atoms with van der Waals surface area (Å²) in [5.41, 5.74) is 1.70. The van der Waals surface area contributed by atoms with Crippen LogP contribution in [0.25, 0.3) is 0 Å². The molecule has 0 aliphatic heterocycles. The van der Waals surface area contributed by atoms with Gasteiger partial charge in [0.25, 0.3) is 0 Å². The van der Waals surface area contributed by atoms with Crippen LogP contribution in [0.2, 0.25) is 0 Å². The highest BCUT2D eigenvalue weighted by Gasteiger charge is 2.15. The largest absolute Gasteiger partial charge is 0.497 e. The lowest BCUT2D eigenvalue weighted by molar-refractivity contribution is 0.0978. The summed E-state index contributed by atoms with van der Waals surface area (Å²) in [7, 11) is 3.23. The van der Waals surface area contributed by atoms with Crippen molar-refractivity contribution in [3.63, 3.8) is 0 Å². The second-order valence-corrected chi connectivity index (χ2v) is 4.97. The Morgan fingerprint density at radius 2 is 1.77 bits per heavy atom. The maximum atomic E-state index is 12.4. The molecule has 0 N–H and O–H groups in total. The van der Waals surface area contributed by atoms with Crippen LogP contribution in [0, 0.1) is 0 Å². The van der Waals surface area contributed by atoms with Crippen LogP contribution >= 0.6 is 0 Å². The molecule has 0 fully saturated rings. The number of ether oxygens (including phenoxy) is 2. The van der Waals surface area contributed by atoms with Crippen LogP contribution in [0.5, 0.6) is 11.5 Å². The van der Waals surface area contributed by atoms with Gasteiger partial charge in [-0.15, -0.1) is 6.58 Å². The van der Waals surface area contributed by atoms with Crippen LogP contribution in [0.4, 0.5) is 0 Å². The van der Waals surface area contributed by atoms with Gasteiger partial charge in [0.2, 0.25) is 0 Å². The van der Waals surface area contributed by atoms with Crippen molar-refractivity contribution in [2.45, 2.75) is 12.3 Å². The number of benzene rings is 2. The van der Waals surface area contributed by atoms with Crippen molar-refractivity contribution < 1.29 is 14.3 Å². The van der Waals surface area contributed by atoms with Gasteiger partial charge in [-0.05, 0) is 42.0 Å². The Morgan fingerprint density at radius 1 is 1.09 bits per heavy atom. The van der Waals surface area contributed by atoms with E-state index >= 15 is 0 Å². The second-order valence-electron chi connectivity index (χ2n) is 4.97. The van der Waals surface area contributed by atoms with Crippen LogP contribution < -0.4 is 9.47 Å². The third-order valence-corrected chi connectivity index (χ3v) is 3.62. The molecule has 114 valence electrons. The summed E-state index contributed by atoms with van der Waals surface area (Å²) in [5.74, 6) is 1.56. The van der Waals surface area contributed by atoms with Crippen molar-refractivity contribution in [1.29, 1.82) is 0 Å². The number of carbonyl (C=O) groups is 1. The van der Waals surface area contributed by atoms with Gasteiger partial charge < -0.3 is 9.47 Å². The van der Waals surface area contributed by atoms with E-state index in [0.29, 0.717) is 12.0 Å². The maximum absolute atomic E-state index is 12.4. The molecule has 0 aliphatic carbocycles. The molecule has 3 nitrogen and oxygen atoms in total. The van der Waals surface area contributed by atoms with Crippen molar-refractivity contribution in [2.24, 2.45) is 0 Å². The van der Waals surface area contributed by atoms with Crippen molar-refractivity contribution in [1.82, 2.24) is 0 Å². The minimum Gasteiger partial charge on any atom is -0.497 e. The van der Waals surface area contributed by atoms with Gasteiger partial charge in [0.1, 0.15) is 11.5 Å². The molecule has 0 heterocycles. The fourth-order valence-electron chi connectivity index (χ4n) is 2.30. The summed E-state index contributed by atoms with van der Waals surface area (Å²) in [6.07, 6.45) is 2.18. The standard InChI is InChI=1S/C19H20O3/c1-4-14(16-6-5-7-18(12-16)22-3)13-19(20)15-8-10-17(21-2)11-9-15/h4-12,14H,1,13H2,2-3H3. The molecule has 0 bridgehead atoms. The fraction of sp³-hybridized carbons (Fsp3) is 0.211. The topological polar surface area (TPSA) is 35.5 Å². The summed E-state index contributed by atoms with van der Waals surface area (Å²) in [4.78, 5) is 12.4. The van der Waals surface area contributed by atoms with Gasteiger partial charge in [-0.3, -0.25) is 4.79 Å². The van der Waals surface area contributed by atoms with Gasteiger partial charge in [0, 0.05) is 17.9 Å². The minimum absolute atomic E-state index is 0.0373. The first-order valence-electron chi connectivity index (χ1n) is 7.11. The first kappa shape index (κ1) is 15.8. The van der Waals surface area contributed by atoms with Gasteiger partial charge in [0.05, 0.1) is 14.2 Å². The van der Waals surface area contributed by atoms with E-state index < -0.39 is 0 Å². The van der Waals surface area contributed by atoms with E-state index in [1.165, 1.54) is 0 Å². The molecule has 0 saturated heterocycles. The van der Waals surface area contributed by atoms with E-state index in [9.17, 15) is 4.79 Å². The smallest absolute Gasteiger partial charge is 0.163 e. The Morgan fingerprint density at radius 3 is 2.36 bits per heavy atom. The Labute approximate surface area is 131 Å². The summed E-state index contributed by atoms with van der Waals surface area (Å²) >= 11 is 0. The van der Waals surface area contributed by atoms with E-state index in [-0.39, 0.29) is 11.7 Å². The molecule has 0 spiro atoms. The summed E-state index contributed by atoms with van der Waals surface area (Å²) < 4.78 is 10.3. The first-order chi connectivity index (χ1) is 10.7. The molecule has 0 amide bonds. The average Bonchev–Trinajstić information content (AvgIpc) is 2.59. The molecular weight excluding hydrogens is 276 g/mol. The van der Waals surface area contributed by atoms with Gasteiger partial charge in [-0.1, -0.05) is 18.2 Å². The maximum Gasteiger partial charge on any atom is 0.163 e. The number of rotatable bonds is 7. The summed E-state index contributed by atoms with van der Waals surface area (Å²) in [5, 5.41) is 0. The number of allylic oxidation sites excluding steroid dienone is 1. The molecule has 0 aromatic heterocycles. The molecule has 0 radical (unpaired) electrons. The quantitative estimate of drug-likeness (QED) is 0.566. The third kappa shape index (κ3) is 3.76. The number of carbonyl (C=O) groups excluding carboxylic acids is 1. The fourth-order valence-corrected chi connectivity index (χ4v) is 2.30. The second kappa shape index (κ2) is 7.46. The molecule has 1 unspecified atom stereocenters. The normalized spacial score (nSPS) is 11.5. The van der Waals surface area contributed by atoms with Crippen molar-refractivity contribution in [3.8, 4) is 11.5 Å². The summed E-state index contributed by atoms with van der Waals surface area (Å²) in [6, 6.07) is 14.9. The van der Waals surface area contributed by atoms with E-state index in [1.54, 1.807) is 44.6 Å². The van der Waals surface area contributed by atoms with Crippen LogP contribution in [0.15, 0.2) is 61.2 Å². The molecular formula is C19H20O3. The predicted molar refractivity (Wildman–Crippen MR) is 87.9 cm³/mol. The Balaban J connectivity index is 2.14. The number of hydrogen-bond acceptors (Lipinski definition) is 3. The SMILES string of the molecule is C=CC(CC(=O)c1ccc(OC)cc1)c1cccc(OC)c1. The predicted octanol–water partition coefficient (Wildman–Crippen LogP) is 4.25. The molecule has 2 aromatic carbocycles. The highest BCUT2D eigenvalue weighted by molar-refractivity contribution is 5.96. The average molecular weight is 296 g/mol. The Kier molecular flexibility index (Phi) is 5.37. The zero-order valence-electron chi connectivity index (χ0n) is 12.9. The zero-order valence-corrected chi connectivity index (χ0v) is 12.9. The van der Waals surface area contributed by atoms with Crippen LogP contribution in [-0.4, -0.2) is 20.0 Å². The monoisotopic (exact) mass is 296 g/mol. The van der Waals surface area contributed by atoms with Gasteiger partial charge >= 0.3 is 0 Å². The highest BCUT2D eigenvalue weighted by atomic mass is 16.5. The Hall–Kier alpha value is -2.55. The zero-order chi connectivity index (χ0) is 15.9. The van der Waals surface area contributed by atoms with Gasteiger partial charge in [0.15, 0.2) is 5.78 Å². The van der Waals surface area contributed by atoms with Crippen molar-refractivity contribution in [2.75, 3.05) is 14.2 Å². The first-order valence-corrected chi connectivity index (χ1v) is 7.11. The molecule has 2 rings (SSSR count). The minimum atomic E-state index is -0.0373. The molecule has 2 aromatic rings. The lowest BCUT2D eigenvalue weighted by Gasteiger charge is -2.13. The van der Waals surface area contributed by atoms with Crippen LogP contribution in [0.1, 0.15) is 28.3 Å².